The van der Waals surface area contributed by atoms with Crippen molar-refractivity contribution < 1.29 is 4.79 Å². The molecule has 4 heteroatoms. The number of nitrogen functional groups attached to an aromatic ring is 1. The van der Waals surface area contributed by atoms with Crippen molar-refractivity contribution in [3.05, 3.63) is 59.3 Å². The average molecular weight is 289 g/mol. The molecule has 0 spiro atoms. The van der Waals surface area contributed by atoms with Gasteiger partial charge in [-0.15, -0.1) is 0 Å². The quantitative estimate of drug-likeness (QED) is 0.473. The molecular formula is C18H15N3O. The lowest BCUT2D eigenvalue weighted by Crippen LogP contribution is -2.03. The van der Waals surface area contributed by atoms with Gasteiger partial charge in [-0.05, 0) is 37.3 Å². The van der Waals surface area contributed by atoms with Gasteiger partial charge in [0.2, 0.25) is 0 Å². The van der Waals surface area contributed by atoms with Gasteiger partial charge in [-0.25, -0.2) is 0 Å². The van der Waals surface area contributed by atoms with Crippen LogP contribution >= 0.6 is 0 Å². The SMILES string of the molecule is Cc1[nH]c2ccccc2c1/C=C1\C(=O)Nc2ccc(N)cc21. The number of carbonyl (C=O) groups excluding carboxylic acids is 1. The van der Waals surface area contributed by atoms with Gasteiger partial charge in [0.25, 0.3) is 5.91 Å². The third kappa shape index (κ3) is 1.81. The molecule has 1 aliphatic heterocycles. The predicted molar refractivity (Wildman–Crippen MR) is 90.4 cm³/mol. The highest BCUT2D eigenvalue weighted by atomic mass is 16.2. The lowest BCUT2D eigenvalue weighted by Gasteiger charge is -2.01. The Hall–Kier alpha value is -3.01. The molecule has 4 rings (SSSR count). The molecule has 0 fully saturated rings. The number of hydrogen-bond acceptors (Lipinski definition) is 2. The minimum atomic E-state index is -0.0923. The molecule has 0 radical (unpaired) electrons. The Bertz CT molecular complexity index is 950. The third-order valence-electron chi connectivity index (χ3n) is 4.06. The molecule has 1 amide bonds. The lowest BCUT2D eigenvalue weighted by atomic mass is 10.0. The largest absolute Gasteiger partial charge is 0.399 e. The Morgan fingerprint density at radius 2 is 1.95 bits per heavy atom. The van der Waals surface area contributed by atoms with Crippen molar-refractivity contribution in [3.63, 3.8) is 0 Å². The summed E-state index contributed by atoms with van der Waals surface area (Å²) in [5.41, 5.74) is 12.0. The molecule has 1 aromatic heterocycles. The summed E-state index contributed by atoms with van der Waals surface area (Å²) in [6, 6.07) is 13.5. The Balaban J connectivity index is 1.95. The molecule has 3 aromatic rings. The fourth-order valence-corrected chi connectivity index (χ4v) is 2.98. The van der Waals surface area contributed by atoms with E-state index in [-0.39, 0.29) is 5.91 Å². The summed E-state index contributed by atoms with van der Waals surface area (Å²) in [4.78, 5) is 15.6. The fourth-order valence-electron chi connectivity index (χ4n) is 2.98. The molecule has 4 N–H and O–H groups in total. The van der Waals surface area contributed by atoms with Gasteiger partial charge in [-0.2, -0.15) is 0 Å². The summed E-state index contributed by atoms with van der Waals surface area (Å²) in [6.07, 6.45) is 1.94. The number of amides is 1. The number of benzene rings is 2. The van der Waals surface area contributed by atoms with Crippen LogP contribution in [0.5, 0.6) is 0 Å². The maximum absolute atomic E-state index is 12.3. The van der Waals surface area contributed by atoms with Crippen molar-refractivity contribution in [1.82, 2.24) is 4.98 Å². The smallest absolute Gasteiger partial charge is 0.256 e. The second-order valence-corrected chi connectivity index (χ2v) is 5.53. The maximum Gasteiger partial charge on any atom is 0.256 e. The first-order chi connectivity index (χ1) is 10.6. The number of aromatic nitrogens is 1. The van der Waals surface area contributed by atoms with Gasteiger partial charge in [0, 0.05) is 44.7 Å². The van der Waals surface area contributed by atoms with Crippen molar-refractivity contribution in [2.24, 2.45) is 0 Å². The van der Waals surface area contributed by atoms with Crippen LogP contribution < -0.4 is 11.1 Å². The van der Waals surface area contributed by atoms with E-state index in [4.69, 9.17) is 5.73 Å². The molecule has 2 aromatic carbocycles. The number of carbonyl (C=O) groups is 1. The van der Waals surface area contributed by atoms with Crippen molar-refractivity contribution in [2.75, 3.05) is 11.1 Å². The summed E-state index contributed by atoms with van der Waals surface area (Å²) in [5, 5.41) is 3.99. The number of nitrogens with one attached hydrogen (secondary N) is 2. The van der Waals surface area contributed by atoms with Gasteiger partial charge in [-0.3, -0.25) is 4.79 Å². The second kappa shape index (κ2) is 4.49. The summed E-state index contributed by atoms with van der Waals surface area (Å²) >= 11 is 0. The Kier molecular flexibility index (Phi) is 2.60. The van der Waals surface area contributed by atoms with Crippen LogP contribution in [0.15, 0.2) is 42.5 Å². The van der Waals surface area contributed by atoms with Crippen LogP contribution in [0.4, 0.5) is 11.4 Å². The highest BCUT2D eigenvalue weighted by molar-refractivity contribution is 6.35. The number of aryl methyl sites for hydroxylation is 1. The van der Waals surface area contributed by atoms with Crippen LogP contribution in [-0.2, 0) is 4.79 Å². The van der Waals surface area contributed by atoms with Crippen LogP contribution in [0.25, 0.3) is 22.6 Å². The van der Waals surface area contributed by atoms with Gasteiger partial charge >= 0.3 is 0 Å². The number of rotatable bonds is 1. The van der Waals surface area contributed by atoms with E-state index < -0.39 is 0 Å². The number of H-pyrrole nitrogens is 1. The van der Waals surface area contributed by atoms with Gasteiger partial charge in [0.15, 0.2) is 0 Å². The van der Waals surface area contributed by atoms with Crippen LogP contribution in [0.2, 0.25) is 0 Å². The first-order valence-electron chi connectivity index (χ1n) is 7.14. The monoisotopic (exact) mass is 289 g/mol. The second-order valence-electron chi connectivity index (χ2n) is 5.53. The summed E-state index contributed by atoms with van der Waals surface area (Å²) in [7, 11) is 0. The molecule has 22 heavy (non-hydrogen) atoms. The molecule has 0 aliphatic carbocycles. The van der Waals surface area contributed by atoms with Crippen molar-refractivity contribution in [3.8, 4) is 0 Å². The third-order valence-corrected chi connectivity index (χ3v) is 4.06. The first-order valence-corrected chi connectivity index (χ1v) is 7.14. The van der Waals surface area contributed by atoms with E-state index in [2.05, 4.69) is 16.4 Å². The normalized spacial score (nSPS) is 15.3. The summed E-state index contributed by atoms with van der Waals surface area (Å²) < 4.78 is 0. The minimum Gasteiger partial charge on any atom is -0.399 e. The molecule has 2 heterocycles. The van der Waals surface area contributed by atoms with E-state index in [0.717, 1.165) is 33.4 Å². The Labute approximate surface area is 127 Å². The Morgan fingerprint density at radius 3 is 2.82 bits per heavy atom. The molecule has 0 bridgehead atoms. The Morgan fingerprint density at radius 1 is 1.14 bits per heavy atom. The fraction of sp³-hybridized carbons (Fsp3) is 0.0556. The van der Waals surface area contributed by atoms with Crippen LogP contribution in [0.1, 0.15) is 16.8 Å². The zero-order chi connectivity index (χ0) is 15.3. The summed E-state index contributed by atoms with van der Waals surface area (Å²) in [6.45, 7) is 2.01. The van der Waals surface area contributed by atoms with Crippen molar-refractivity contribution >= 4 is 39.8 Å². The van der Waals surface area contributed by atoms with E-state index in [0.29, 0.717) is 11.3 Å². The standard InChI is InChI=1S/C18H15N3O/c1-10-13(12-4-2-3-5-16(12)20-10)9-15-14-8-11(19)6-7-17(14)21-18(15)22/h2-9,20H,19H2,1H3,(H,21,22)/b15-9-. The van der Waals surface area contributed by atoms with E-state index in [9.17, 15) is 4.79 Å². The molecule has 0 atom stereocenters. The van der Waals surface area contributed by atoms with Crippen molar-refractivity contribution in [1.29, 1.82) is 0 Å². The number of fused-ring (bicyclic) bond motifs is 2. The van der Waals surface area contributed by atoms with Gasteiger partial charge < -0.3 is 16.0 Å². The zero-order valence-corrected chi connectivity index (χ0v) is 12.1. The van der Waals surface area contributed by atoms with Crippen molar-refractivity contribution in [2.45, 2.75) is 6.92 Å². The number of para-hydroxylation sites is 1. The molecule has 4 nitrogen and oxygen atoms in total. The van der Waals surface area contributed by atoms with E-state index in [1.165, 1.54) is 0 Å². The minimum absolute atomic E-state index is 0.0923. The van der Waals surface area contributed by atoms with E-state index in [1.54, 1.807) is 6.07 Å². The molecule has 0 saturated heterocycles. The molecular weight excluding hydrogens is 274 g/mol. The molecule has 1 aliphatic rings. The highest BCUT2D eigenvalue weighted by Crippen LogP contribution is 2.36. The highest BCUT2D eigenvalue weighted by Gasteiger charge is 2.24. The topological polar surface area (TPSA) is 70.9 Å². The van der Waals surface area contributed by atoms with Crippen LogP contribution in [-0.4, -0.2) is 10.9 Å². The van der Waals surface area contributed by atoms with E-state index in [1.807, 2.05) is 43.3 Å². The number of nitrogens with two attached hydrogens (primary N) is 1. The summed E-state index contributed by atoms with van der Waals surface area (Å²) in [5.74, 6) is -0.0923. The number of anilines is 2. The number of hydrogen-bond donors (Lipinski definition) is 3. The van der Waals surface area contributed by atoms with E-state index >= 15 is 0 Å². The lowest BCUT2D eigenvalue weighted by molar-refractivity contribution is -0.110. The predicted octanol–water partition coefficient (Wildman–Crippen LogP) is 3.55. The molecule has 0 saturated carbocycles. The van der Waals surface area contributed by atoms with Gasteiger partial charge in [0.1, 0.15) is 0 Å². The van der Waals surface area contributed by atoms with Crippen LogP contribution in [0, 0.1) is 6.92 Å². The maximum atomic E-state index is 12.3. The van der Waals surface area contributed by atoms with Crippen LogP contribution in [0.3, 0.4) is 0 Å². The van der Waals surface area contributed by atoms with Gasteiger partial charge in [0.05, 0.1) is 0 Å². The molecule has 108 valence electrons. The molecule has 0 unspecified atom stereocenters. The van der Waals surface area contributed by atoms with Gasteiger partial charge in [-0.1, -0.05) is 18.2 Å². The average Bonchev–Trinajstić information content (AvgIpc) is 2.98. The zero-order valence-electron chi connectivity index (χ0n) is 12.1. The first kappa shape index (κ1) is 12.7. The number of aromatic amines is 1.